The minimum atomic E-state index is -3.31. The van der Waals surface area contributed by atoms with Crippen LogP contribution in [0.25, 0.3) is 0 Å². The second-order valence-corrected chi connectivity index (χ2v) is 4.61. The topological polar surface area (TPSA) is 54.0 Å². The SMILES string of the molecule is CCOC(OCC)P(=O)(OCC)OCC. The summed E-state index contributed by atoms with van der Waals surface area (Å²) in [5, 5.41) is 0. The number of rotatable bonds is 9. The van der Waals surface area contributed by atoms with E-state index in [1.165, 1.54) is 0 Å². The predicted octanol–water partition coefficient (Wildman–Crippen LogP) is 2.61. The second-order valence-electron chi connectivity index (χ2n) is 2.59. The number of hydrogen-bond acceptors (Lipinski definition) is 5. The van der Waals surface area contributed by atoms with Crippen LogP contribution in [0.4, 0.5) is 0 Å². The zero-order valence-corrected chi connectivity index (χ0v) is 10.8. The molecule has 0 aliphatic rings. The van der Waals surface area contributed by atoms with Gasteiger partial charge in [0, 0.05) is 13.2 Å². The molecule has 0 saturated carbocycles. The van der Waals surface area contributed by atoms with Crippen molar-refractivity contribution in [3.05, 3.63) is 0 Å². The molecule has 6 heteroatoms. The maximum Gasteiger partial charge on any atom is 0.386 e. The Labute approximate surface area is 91.6 Å². The van der Waals surface area contributed by atoms with Crippen molar-refractivity contribution in [1.82, 2.24) is 0 Å². The molecule has 0 spiro atoms. The first-order chi connectivity index (χ1) is 7.14. The normalized spacial score (nSPS) is 12.3. The summed E-state index contributed by atoms with van der Waals surface area (Å²) in [6.45, 7) is 8.50. The van der Waals surface area contributed by atoms with Gasteiger partial charge in [-0.25, -0.2) is 0 Å². The molecular formula is C9H21O5P. The van der Waals surface area contributed by atoms with E-state index in [9.17, 15) is 4.57 Å². The van der Waals surface area contributed by atoms with Crippen LogP contribution < -0.4 is 0 Å². The van der Waals surface area contributed by atoms with E-state index in [4.69, 9.17) is 18.5 Å². The van der Waals surface area contributed by atoms with Crippen LogP contribution in [0.5, 0.6) is 0 Å². The monoisotopic (exact) mass is 240 g/mol. The molecule has 0 aromatic carbocycles. The van der Waals surface area contributed by atoms with E-state index in [1.807, 2.05) is 0 Å². The molecule has 0 N–H and O–H groups in total. The first kappa shape index (κ1) is 15.1. The zero-order chi connectivity index (χ0) is 11.7. The molecule has 0 amide bonds. The van der Waals surface area contributed by atoms with Gasteiger partial charge in [0.15, 0.2) is 0 Å². The van der Waals surface area contributed by atoms with Crippen molar-refractivity contribution in [3.8, 4) is 0 Å². The first-order valence-corrected chi connectivity index (χ1v) is 6.87. The van der Waals surface area contributed by atoms with E-state index in [0.29, 0.717) is 26.4 Å². The van der Waals surface area contributed by atoms with Gasteiger partial charge in [0.05, 0.1) is 13.2 Å². The van der Waals surface area contributed by atoms with Crippen molar-refractivity contribution in [3.63, 3.8) is 0 Å². The molecule has 0 fully saturated rings. The highest BCUT2D eigenvalue weighted by atomic mass is 31.2. The Bertz CT molecular complexity index is 181. The third kappa shape index (κ3) is 5.09. The molecule has 0 saturated heterocycles. The molecule has 92 valence electrons. The quantitative estimate of drug-likeness (QED) is 0.458. The lowest BCUT2D eigenvalue weighted by atomic mass is 10.9. The Morgan fingerprint density at radius 1 is 0.867 bits per heavy atom. The van der Waals surface area contributed by atoms with Crippen LogP contribution in [-0.4, -0.2) is 32.5 Å². The van der Waals surface area contributed by atoms with Crippen LogP contribution in [0, 0.1) is 0 Å². The van der Waals surface area contributed by atoms with E-state index < -0.39 is 13.6 Å². The van der Waals surface area contributed by atoms with Gasteiger partial charge in [0.1, 0.15) is 0 Å². The van der Waals surface area contributed by atoms with Gasteiger partial charge < -0.3 is 18.5 Å². The third-order valence-electron chi connectivity index (χ3n) is 1.49. The largest absolute Gasteiger partial charge is 0.386 e. The van der Waals surface area contributed by atoms with Crippen LogP contribution in [-0.2, 0) is 23.1 Å². The number of ether oxygens (including phenoxy) is 2. The van der Waals surface area contributed by atoms with Crippen molar-refractivity contribution >= 4 is 7.60 Å². The lowest BCUT2D eigenvalue weighted by molar-refractivity contribution is -0.0983. The lowest BCUT2D eigenvalue weighted by Gasteiger charge is -2.25. The molecular weight excluding hydrogens is 219 g/mol. The molecule has 0 radical (unpaired) electrons. The standard InChI is InChI=1S/C9H21O5P/c1-5-11-9(12-6-2)15(10,13-7-3)14-8-4/h9H,5-8H2,1-4H3. The maximum absolute atomic E-state index is 12.2. The Kier molecular flexibility index (Phi) is 8.29. The zero-order valence-electron chi connectivity index (χ0n) is 9.89. The second kappa shape index (κ2) is 8.25. The molecule has 0 heterocycles. The van der Waals surface area contributed by atoms with E-state index in [2.05, 4.69) is 0 Å². The molecule has 15 heavy (non-hydrogen) atoms. The summed E-state index contributed by atoms with van der Waals surface area (Å²) >= 11 is 0. The van der Waals surface area contributed by atoms with Crippen molar-refractivity contribution < 1.29 is 23.1 Å². The highest BCUT2D eigenvalue weighted by Crippen LogP contribution is 2.53. The van der Waals surface area contributed by atoms with Gasteiger partial charge in [-0.1, -0.05) is 0 Å². The van der Waals surface area contributed by atoms with E-state index in [-0.39, 0.29) is 0 Å². The first-order valence-electron chi connectivity index (χ1n) is 5.26. The average molecular weight is 240 g/mol. The Morgan fingerprint density at radius 3 is 1.53 bits per heavy atom. The fraction of sp³-hybridized carbons (Fsp3) is 1.00. The molecule has 0 aliphatic carbocycles. The Hall–Kier alpha value is 0.0700. The van der Waals surface area contributed by atoms with Crippen molar-refractivity contribution in [2.75, 3.05) is 26.4 Å². The molecule has 0 atom stereocenters. The van der Waals surface area contributed by atoms with Crippen LogP contribution in [0.15, 0.2) is 0 Å². The highest BCUT2D eigenvalue weighted by molar-refractivity contribution is 7.54. The van der Waals surface area contributed by atoms with Gasteiger partial charge in [0.2, 0.25) is 0 Å². The van der Waals surface area contributed by atoms with E-state index in [1.54, 1.807) is 27.7 Å². The van der Waals surface area contributed by atoms with Gasteiger partial charge in [-0.15, -0.1) is 0 Å². The summed E-state index contributed by atoms with van der Waals surface area (Å²) in [5.41, 5.74) is 0. The fourth-order valence-electron chi connectivity index (χ4n) is 1.03. The molecule has 0 rings (SSSR count). The van der Waals surface area contributed by atoms with E-state index >= 15 is 0 Å². The van der Waals surface area contributed by atoms with Gasteiger partial charge in [0.25, 0.3) is 6.03 Å². The number of hydrogen-bond donors (Lipinski definition) is 0. The summed E-state index contributed by atoms with van der Waals surface area (Å²) in [6.07, 6.45) is 0. The van der Waals surface area contributed by atoms with Crippen molar-refractivity contribution in [1.29, 1.82) is 0 Å². The maximum atomic E-state index is 12.2. The smallest absolute Gasteiger partial charge is 0.343 e. The minimum Gasteiger partial charge on any atom is -0.343 e. The summed E-state index contributed by atoms with van der Waals surface area (Å²) in [6, 6.07) is -0.924. The minimum absolute atomic E-state index is 0.300. The molecule has 0 unspecified atom stereocenters. The van der Waals surface area contributed by atoms with Gasteiger partial charge in [-0.05, 0) is 27.7 Å². The van der Waals surface area contributed by atoms with Crippen molar-refractivity contribution in [2.45, 2.75) is 33.7 Å². The fourth-order valence-corrected chi connectivity index (χ4v) is 2.74. The van der Waals surface area contributed by atoms with E-state index in [0.717, 1.165) is 0 Å². The summed E-state index contributed by atoms with van der Waals surface area (Å²) in [5.74, 6) is 0. The molecule has 0 bridgehead atoms. The summed E-state index contributed by atoms with van der Waals surface area (Å²) < 4.78 is 32.9. The highest BCUT2D eigenvalue weighted by Gasteiger charge is 2.37. The molecule has 5 nitrogen and oxygen atoms in total. The Morgan fingerprint density at radius 2 is 1.27 bits per heavy atom. The van der Waals surface area contributed by atoms with Crippen LogP contribution in [0.1, 0.15) is 27.7 Å². The van der Waals surface area contributed by atoms with Gasteiger partial charge in [-0.3, -0.25) is 4.57 Å². The van der Waals surface area contributed by atoms with Crippen molar-refractivity contribution in [2.24, 2.45) is 0 Å². The predicted molar refractivity (Wildman–Crippen MR) is 57.9 cm³/mol. The Balaban J connectivity index is 4.56. The van der Waals surface area contributed by atoms with Crippen LogP contribution in [0.2, 0.25) is 0 Å². The molecule has 0 aromatic heterocycles. The van der Waals surface area contributed by atoms with Gasteiger partial charge in [-0.2, -0.15) is 0 Å². The summed E-state index contributed by atoms with van der Waals surface area (Å²) in [7, 11) is -3.31. The molecule has 0 aromatic rings. The van der Waals surface area contributed by atoms with Crippen LogP contribution >= 0.6 is 7.60 Å². The lowest BCUT2D eigenvalue weighted by Crippen LogP contribution is -2.20. The third-order valence-corrected chi connectivity index (χ3v) is 3.55. The molecule has 0 aliphatic heterocycles. The van der Waals surface area contributed by atoms with Crippen LogP contribution in [0.3, 0.4) is 0 Å². The summed E-state index contributed by atoms with van der Waals surface area (Å²) in [4.78, 5) is 0. The van der Waals surface area contributed by atoms with Gasteiger partial charge >= 0.3 is 7.60 Å². The average Bonchev–Trinajstić information content (AvgIpc) is 2.18.